The minimum absolute atomic E-state index is 0.0819. The van der Waals surface area contributed by atoms with Gasteiger partial charge >= 0.3 is 0 Å². The van der Waals surface area contributed by atoms with Gasteiger partial charge in [0, 0.05) is 5.56 Å². The van der Waals surface area contributed by atoms with E-state index in [1.807, 2.05) is 13.0 Å². The number of ether oxygens (including phenoxy) is 2. The van der Waals surface area contributed by atoms with E-state index >= 15 is 0 Å². The quantitative estimate of drug-likeness (QED) is 0.769. The predicted molar refractivity (Wildman–Crippen MR) is 78.1 cm³/mol. The number of aliphatic hydroxyl groups is 1. The molecular weight excluding hydrogens is 240 g/mol. The smallest absolute Gasteiger partial charge is 0.126 e. The summed E-state index contributed by atoms with van der Waals surface area (Å²) >= 11 is 0. The van der Waals surface area contributed by atoms with E-state index in [1.54, 1.807) is 14.2 Å². The SMILES string of the molecule is CCCc1cc(OC)c(C/C=C(\C)CO)c(OC)c1. The molecule has 0 radical (unpaired) electrons. The van der Waals surface area contributed by atoms with Crippen molar-refractivity contribution in [2.24, 2.45) is 0 Å². The highest BCUT2D eigenvalue weighted by Crippen LogP contribution is 2.32. The minimum Gasteiger partial charge on any atom is -0.496 e. The third-order valence-electron chi connectivity index (χ3n) is 3.11. The Bertz CT molecular complexity index is 411. The van der Waals surface area contributed by atoms with Crippen LogP contribution in [-0.2, 0) is 12.8 Å². The number of aryl methyl sites for hydroxylation is 1. The molecule has 0 amide bonds. The van der Waals surface area contributed by atoms with Gasteiger partial charge in [0.15, 0.2) is 0 Å². The molecule has 0 aliphatic rings. The lowest BCUT2D eigenvalue weighted by Gasteiger charge is -2.14. The summed E-state index contributed by atoms with van der Waals surface area (Å²) in [6.07, 6.45) is 4.80. The highest BCUT2D eigenvalue weighted by Gasteiger charge is 2.11. The molecule has 3 nitrogen and oxygen atoms in total. The van der Waals surface area contributed by atoms with E-state index in [0.29, 0.717) is 6.42 Å². The predicted octanol–water partition coefficient (Wildman–Crippen LogP) is 3.14. The molecule has 0 aromatic heterocycles. The zero-order chi connectivity index (χ0) is 14.3. The zero-order valence-electron chi connectivity index (χ0n) is 12.3. The van der Waals surface area contributed by atoms with Crippen molar-refractivity contribution >= 4 is 0 Å². The molecule has 0 unspecified atom stereocenters. The molecule has 1 aromatic rings. The molecule has 0 saturated carbocycles. The van der Waals surface area contributed by atoms with Crippen LogP contribution in [0.1, 0.15) is 31.4 Å². The average Bonchev–Trinajstić information content (AvgIpc) is 2.44. The zero-order valence-corrected chi connectivity index (χ0v) is 12.3. The van der Waals surface area contributed by atoms with Crippen molar-refractivity contribution in [2.45, 2.75) is 33.1 Å². The molecule has 1 rings (SSSR count). The Morgan fingerprint density at radius 1 is 1.21 bits per heavy atom. The molecular formula is C16H24O3. The first kappa shape index (κ1) is 15.6. The Morgan fingerprint density at radius 2 is 1.79 bits per heavy atom. The first-order valence-electron chi connectivity index (χ1n) is 6.66. The third kappa shape index (κ3) is 4.28. The monoisotopic (exact) mass is 264 g/mol. The fourth-order valence-corrected chi connectivity index (χ4v) is 2.01. The molecule has 1 aromatic carbocycles. The van der Waals surface area contributed by atoms with Crippen LogP contribution in [0.2, 0.25) is 0 Å². The van der Waals surface area contributed by atoms with Gasteiger partial charge in [-0.25, -0.2) is 0 Å². The first-order chi connectivity index (χ1) is 9.15. The van der Waals surface area contributed by atoms with Crippen molar-refractivity contribution in [3.8, 4) is 11.5 Å². The number of benzene rings is 1. The van der Waals surface area contributed by atoms with Crippen LogP contribution < -0.4 is 9.47 Å². The van der Waals surface area contributed by atoms with Crippen LogP contribution in [0.15, 0.2) is 23.8 Å². The van der Waals surface area contributed by atoms with Crippen LogP contribution in [-0.4, -0.2) is 25.9 Å². The van der Waals surface area contributed by atoms with Crippen LogP contribution in [0.5, 0.6) is 11.5 Å². The second kappa shape index (κ2) is 7.85. The fourth-order valence-electron chi connectivity index (χ4n) is 2.01. The van der Waals surface area contributed by atoms with Gasteiger partial charge in [0.25, 0.3) is 0 Å². The molecule has 0 spiro atoms. The van der Waals surface area contributed by atoms with Crippen molar-refractivity contribution in [3.05, 3.63) is 34.9 Å². The molecule has 0 fully saturated rings. The topological polar surface area (TPSA) is 38.7 Å². The van der Waals surface area contributed by atoms with Gasteiger partial charge in [-0.15, -0.1) is 0 Å². The summed E-state index contributed by atoms with van der Waals surface area (Å²) in [5.74, 6) is 1.70. The van der Waals surface area contributed by atoms with Crippen LogP contribution in [0, 0.1) is 0 Å². The number of aliphatic hydroxyl groups excluding tert-OH is 1. The average molecular weight is 264 g/mol. The maximum atomic E-state index is 9.05. The summed E-state index contributed by atoms with van der Waals surface area (Å²) in [7, 11) is 3.35. The van der Waals surface area contributed by atoms with Gasteiger partial charge in [-0.1, -0.05) is 25.0 Å². The highest BCUT2D eigenvalue weighted by molar-refractivity contribution is 5.49. The molecule has 0 atom stereocenters. The van der Waals surface area contributed by atoms with Crippen LogP contribution in [0.25, 0.3) is 0 Å². The maximum absolute atomic E-state index is 9.05. The normalized spacial score (nSPS) is 11.5. The summed E-state index contributed by atoms with van der Waals surface area (Å²) in [5.41, 5.74) is 3.20. The van der Waals surface area contributed by atoms with Crippen molar-refractivity contribution < 1.29 is 14.6 Å². The second-order valence-corrected chi connectivity index (χ2v) is 4.64. The van der Waals surface area contributed by atoms with Gasteiger partial charge in [0.05, 0.1) is 20.8 Å². The second-order valence-electron chi connectivity index (χ2n) is 4.64. The van der Waals surface area contributed by atoms with Gasteiger partial charge in [-0.05, 0) is 37.5 Å². The number of methoxy groups -OCH3 is 2. The summed E-state index contributed by atoms with van der Waals surface area (Å²) in [6.45, 7) is 4.14. The standard InChI is InChI=1S/C16H24O3/c1-5-6-13-9-15(18-3)14(16(10-13)19-4)8-7-12(2)11-17/h7,9-10,17H,5-6,8,11H2,1-4H3/b12-7+. The largest absolute Gasteiger partial charge is 0.496 e. The molecule has 0 aliphatic heterocycles. The van der Waals surface area contributed by atoms with E-state index in [9.17, 15) is 0 Å². The van der Waals surface area contributed by atoms with Gasteiger partial charge in [-0.3, -0.25) is 0 Å². The number of hydrogen-bond acceptors (Lipinski definition) is 3. The highest BCUT2D eigenvalue weighted by atomic mass is 16.5. The number of rotatable bonds is 7. The van der Waals surface area contributed by atoms with Crippen LogP contribution in [0.4, 0.5) is 0 Å². The molecule has 0 saturated heterocycles. The van der Waals surface area contributed by atoms with Gasteiger partial charge < -0.3 is 14.6 Å². The summed E-state index contributed by atoms with van der Waals surface area (Å²) in [6, 6.07) is 4.15. The first-order valence-corrected chi connectivity index (χ1v) is 6.66. The Hall–Kier alpha value is -1.48. The molecule has 0 aliphatic carbocycles. The van der Waals surface area contributed by atoms with Crippen molar-refractivity contribution in [3.63, 3.8) is 0 Å². The van der Waals surface area contributed by atoms with E-state index in [4.69, 9.17) is 14.6 Å². The summed E-state index contributed by atoms with van der Waals surface area (Å²) in [5, 5.41) is 9.05. The Kier molecular flexibility index (Phi) is 6.43. The lowest BCUT2D eigenvalue weighted by Crippen LogP contribution is -1.99. The summed E-state index contributed by atoms with van der Waals surface area (Å²) in [4.78, 5) is 0. The third-order valence-corrected chi connectivity index (χ3v) is 3.11. The van der Waals surface area contributed by atoms with Gasteiger partial charge in [0.1, 0.15) is 11.5 Å². The molecule has 1 N–H and O–H groups in total. The molecule has 106 valence electrons. The van der Waals surface area contributed by atoms with E-state index in [0.717, 1.165) is 35.5 Å². The minimum atomic E-state index is 0.0819. The van der Waals surface area contributed by atoms with Gasteiger partial charge in [0.2, 0.25) is 0 Å². The lowest BCUT2D eigenvalue weighted by atomic mass is 10.0. The van der Waals surface area contributed by atoms with Crippen LogP contribution in [0.3, 0.4) is 0 Å². The van der Waals surface area contributed by atoms with E-state index in [1.165, 1.54) is 5.56 Å². The van der Waals surface area contributed by atoms with Crippen molar-refractivity contribution in [1.82, 2.24) is 0 Å². The number of allylic oxidation sites excluding steroid dienone is 1. The lowest BCUT2D eigenvalue weighted by molar-refractivity contribution is 0.331. The Balaban J connectivity index is 3.13. The Morgan fingerprint density at radius 3 is 2.21 bits per heavy atom. The van der Waals surface area contributed by atoms with E-state index in [-0.39, 0.29) is 6.61 Å². The van der Waals surface area contributed by atoms with Gasteiger partial charge in [-0.2, -0.15) is 0 Å². The van der Waals surface area contributed by atoms with E-state index < -0.39 is 0 Å². The molecule has 19 heavy (non-hydrogen) atoms. The molecule has 0 bridgehead atoms. The molecule has 0 heterocycles. The van der Waals surface area contributed by atoms with E-state index in [2.05, 4.69) is 19.1 Å². The number of hydrogen-bond donors (Lipinski definition) is 1. The van der Waals surface area contributed by atoms with Crippen molar-refractivity contribution in [1.29, 1.82) is 0 Å². The summed E-state index contributed by atoms with van der Waals surface area (Å²) < 4.78 is 10.9. The van der Waals surface area contributed by atoms with Crippen molar-refractivity contribution in [2.75, 3.05) is 20.8 Å². The van der Waals surface area contributed by atoms with Crippen LogP contribution >= 0.6 is 0 Å². The maximum Gasteiger partial charge on any atom is 0.126 e. The Labute approximate surface area is 115 Å². The molecule has 3 heteroatoms. The fraction of sp³-hybridized carbons (Fsp3) is 0.500.